The van der Waals surface area contributed by atoms with E-state index < -0.39 is 11.9 Å². The molecule has 6 N–H and O–H groups in total. The minimum Gasteiger partial charge on any atom is -0.478 e. The molecule has 6 nitrogen and oxygen atoms in total. The number of hydrogen-bond acceptors (Lipinski definition) is 4. The number of carbonyl (C=O) groups is 2. The predicted molar refractivity (Wildman–Crippen MR) is 72.0 cm³/mol. The highest BCUT2D eigenvalue weighted by Crippen LogP contribution is 2.03. The molecule has 0 heterocycles. The van der Waals surface area contributed by atoms with Crippen LogP contribution in [0.25, 0.3) is 0 Å². The highest BCUT2D eigenvalue weighted by molar-refractivity contribution is 5.91. The predicted octanol–water partition coefficient (Wildman–Crippen LogP) is 1.50. The number of benzene rings is 1. The third kappa shape index (κ3) is 7.91. The van der Waals surface area contributed by atoms with Gasteiger partial charge in [0.2, 0.25) is 0 Å². The lowest BCUT2D eigenvalue weighted by Crippen LogP contribution is -2.29. The third-order valence-electron chi connectivity index (χ3n) is 2.27. The van der Waals surface area contributed by atoms with Gasteiger partial charge >= 0.3 is 11.9 Å². The van der Waals surface area contributed by atoms with Crippen LogP contribution in [0.5, 0.6) is 0 Å². The molecular formula is C13H20N2O4. The Morgan fingerprint density at radius 1 is 1.05 bits per heavy atom. The van der Waals surface area contributed by atoms with Gasteiger partial charge in [-0.25, -0.2) is 9.59 Å². The fourth-order valence-electron chi connectivity index (χ4n) is 1.20. The first kappa shape index (κ1) is 17.1. The Bertz CT molecular complexity index is 369. The summed E-state index contributed by atoms with van der Waals surface area (Å²) in [5, 5.41) is 16.9. The summed E-state index contributed by atoms with van der Waals surface area (Å²) < 4.78 is 0. The molecule has 0 unspecified atom stereocenters. The van der Waals surface area contributed by atoms with Crippen molar-refractivity contribution in [2.45, 2.75) is 32.4 Å². The highest BCUT2D eigenvalue weighted by atomic mass is 16.4. The van der Waals surface area contributed by atoms with E-state index in [1.54, 1.807) is 0 Å². The summed E-state index contributed by atoms with van der Waals surface area (Å²) in [4.78, 5) is 20.7. The Morgan fingerprint density at radius 2 is 1.42 bits per heavy atom. The van der Waals surface area contributed by atoms with Gasteiger partial charge in [0, 0.05) is 0 Å². The van der Waals surface area contributed by atoms with E-state index in [4.69, 9.17) is 21.7 Å². The normalized spacial score (nSPS) is 9.68. The van der Waals surface area contributed by atoms with E-state index in [1.165, 1.54) is 30.7 Å². The molecule has 6 heteroatoms. The first-order valence-electron chi connectivity index (χ1n) is 5.96. The van der Waals surface area contributed by atoms with E-state index in [0.29, 0.717) is 0 Å². The zero-order chi connectivity index (χ0) is 14.8. The van der Waals surface area contributed by atoms with E-state index >= 15 is 0 Å². The van der Waals surface area contributed by atoms with Crippen molar-refractivity contribution >= 4 is 11.9 Å². The van der Waals surface area contributed by atoms with Gasteiger partial charge in [0.15, 0.2) is 0 Å². The van der Waals surface area contributed by atoms with Gasteiger partial charge in [-0.3, -0.25) is 0 Å². The first-order chi connectivity index (χ1) is 8.88. The molecule has 0 saturated heterocycles. The fraction of sp³-hybridized carbons (Fsp3) is 0.385. The van der Waals surface area contributed by atoms with Crippen molar-refractivity contribution in [2.24, 2.45) is 11.5 Å². The molecule has 19 heavy (non-hydrogen) atoms. The van der Waals surface area contributed by atoms with Gasteiger partial charge in [0.05, 0.1) is 17.3 Å². The zero-order valence-electron chi connectivity index (χ0n) is 10.9. The van der Waals surface area contributed by atoms with Crippen LogP contribution in [0.1, 0.15) is 46.9 Å². The van der Waals surface area contributed by atoms with E-state index in [0.717, 1.165) is 12.8 Å². The Hall–Kier alpha value is -1.92. The highest BCUT2D eigenvalue weighted by Gasteiger charge is 2.04. The molecule has 1 aromatic rings. The van der Waals surface area contributed by atoms with Crippen molar-refractivity contribution in [2.75, 3.05) is 0 Å². The van der Waals surface area contributed by atoms with Crippen LogP contribution in [-0.2, 0) is 0 Å². The quantitative estimate of drug-likeness (QED) is 0.599. The molecule has 0 bridgehead atoms. The van der Waals surface area contributed by atoms with Crippen molar-refractivity contribution in [3.8, 4) is 0 Å². The van der Waals surface area contributed by atoms with Gasteiger partial charge in [-0.05, 0) is 30.7 Å². The summed E-state index contributed by atoms with van der Waals surface area (Å²) in [7, 11) is 0. The van der Waals surface area contributed by atoms with Gasteiger partial charge in [-0.2, -0.15) is 0 Å². The van der Waals surface area contributed by atoms with E-state index in [9.17, 15) is 9.59 Å². The molecule has 0 aliphatic heterocycles. The second-order valence-corrected chi connectivity index (χ2v) is 3.99. The number of unbranched alkanes of at least 4 members (excludes halogenated alkanes) is 1. The lowest BCUT2D eigenvalue weighted by atomic mass is 10.1. The minimum absolute atomic E-state index is 0.0833. The van der Waals surface area contributed by atoms with Crippen LogP contribution < -0.4 is 11.5 Å². The minimum atomic E-state index is -1.06. The number of hydrogen-bond donors (Lipinski definition) is 4. The number of nitrogens with two attached hydrogens (primary N) is 2. The molecule has 0 atom stereocenters. The summed E-state index contributed by atoms with van der Waals surface area (Å²) in [6.45, 7) is 2.13. The Balaban J connectivity index is 0.000000399. The standard InChI is InChI=1S/C8H6O4.C5H14N2/c9-7(10)5-1-2-6(4-3-5)8(11)12;1-2-3-4-5(6)7/h1-4H,(H,9,10)(H,11,12);5H,2-4,6-7H2,1H3. The number of rotatable bonds is 5. The Morgan fingerprint density at radius 3 is 1.58 bits per heavy atom. The average molecular weight is 268 g/mol. The van der Waals surface area contributed by atoms with Crippen LogP contribution in [0.4, 0.5) is 0 Å². The molecule has 0 aromatic heterocycles. The van der Waals surface area contributed by atoms with E-state index in [1.807, 2.05) is 0 Å². The molecule has 0 amide bonds. The Labute approximate surface area is 112 Å². The molecule has 0 radical (unpaired) electrons. The second kappa shape index (κ2) is 9.07. The maximum atomic E-state index is 10.3. The van der Waals surface area contributed by atoms with Crippen LogP contribution in [0.3, 0.4) is 0 Å². The van der Waals surface area contributed by atoms with E-state index in [2.05, 4.69) is 6.92 Å². The first-order valence-corrected chi connectivity index (χ1v) is 5.96. The van der Waals surface area contributed by atoms with Crippen molar-refractivity contribution in [1.82, 2.24) is 0 Å². The lowest BCUT2D eigenvalue weighted by Gasteiger charge is -2.00. The van der Waals surface area contributed by atoms with Gasteiger partial charge in [0.1, 0.15) is 0 Å². The summed E-state index contributed by atoms with van der Waals surface area (Å²) in [5.41, 5.74) is 10.7. The maximum absolute atomic E-state index is 10.3. The SMILES string of the molecule is CCCCC(N)N.O=C(O)c1ccc(C(=O)O)cc1. The monoisotopic (exact) mass is 268 g/mol. The van der Waals surface area contributed by atoms with Crippen LogP contribution in [0, 0.1) is 0 Å². The average Bonchev–Trinajstić information content (AvgIpc) is 2.37. The molecule has 0 saturated carbocycles. The smallest absolute Gasteiger partial charge is 0.335 e. The van der Waals surface area contributed by atoms with Gasteiger partial charge in [-0.1, -0.05) is 19.8 Å². The Kier molecular flexibility index (Phi) is 8.15. The maximum Gasteiger partial charge on any atom is 0.335 e. The van der Waals surface area contributed by atoms with E-state index in [-0.39, 0.29) is 17.3 Å². The molecular weight excluding hydrogens is 248 g/mol. The molecule has 1 aromatic carbocycles. The van der Waals surface area contributed by atoms with Crippen LogP contribution in [0.15, 0.2) is 24.3 Å². The third-order valence-corrected chi connectivity index (χ3v) is 2.27. The zero-order valence-corrected chi connectivity index (χ0v) is 10.9. The van der Waals surface area contributed by atoms with Crippen molar-refractivity contribution < 1.29 is 19.8 Å². The number of carboxylic acids is 2. The largest absolute Gasteiger partial charge is 0.478 e. The summed E-state index contributed by atoms with van der Waals surface area (Å²) in [6.07, 6.45) is 3.19. The molecule has 1 rings (SSSR count). The van der Waals surface area contributed by atoms with Crippen molar-refractivity contribution in [3.05, 3.63) is 35.4 Å². The van der Waals surface area contributed by atoms with Crippen molar-refractivity contribution in [1.29, 1.82) is 0 Å². The summed E-state index contributed by atoms with van der Waals surface area (Å²) in [5.74, 6) is -2.13. The van der Waals surface area contributed by atoms with Gasteiger partial charge < -0.3 is 21.7 Å². The van der Waals surface area contributed by atoms with Crippen LogP contribution >= 0.6 is 0 Å². The number of aromatic carboxylic acids is 2. The molecule has 106 valence electrons. The van der Waals surface area contributed by atoms with Crippen LogP contribution in [0.2, 0.25) is 0 Å². The summed E-state index contributed by atoms with van der Waals surface area (Å²) >= 11 is 0. The van der Waals surface area contributed by atoms with Crippen LogP contribution in [-0.4, -0.2) is 28.3 Å². The fourth-order valence-corrected chi connectivity index (χ4v) is 1.20. The lowest BCUT2D eigenvalue weighted by molar-refractivity contribution is 0.0681. The van der Waals surface area contributed by atoms with Gasteiger partial charge in [-0.15, -0.1) is 0 Å². The molecule has 0 aliphatic rings. The summed E-state index contributed by atoms with van der Waals surface area (Å²) in [6, 6.07) is 5.02. The molecule has 0 spiro atoms. The van der Waals surface area contributed by atoms with Crippen molar-refractivity contribution in [3.63, 3.8) is 0 Å². The molecule has 0 fully saturated rings. The molecule has 0 aliphatic carbocycles. The second-order valence-electron chi connectivity index (χ2n) is 3.99. The number of carboxylic acid groups (broad SMARTS) is 2. The van der Waals surface area contributed by atoms with Gasteiger partial charge in [0.25, 0.3) is 0 Å². The topological polar surface area (TPSA) is 127 Å².